The Hall–Kier alpha value is -1.94. The smallest absolute Gasteiger partial charge is 0.131 e. The highest BCUT2D eigenvalue weighted by Crippen LogP contribution is 2.22. The van der Waals surface area contributed by atoms with Gasteiger partial charge in [-0.05, 0) is 43.2 Å². The number of rotatable bonds is 4. The molecule has 0 heterocycles. The van der Waals surface area contributed by atoms with Crippen LogP contribution in [0.4, 0.5) is 8.78 Å². The second-order valence-electron chi connectivity index (χ2n) is 4.83. The number of aryl methyl sites for hydroxylation is 1. The fourth-order valence-electron chi connectivity index (χ4n) is 1.95. The van der Waals surface area contributed by atoms with Crippen molar-refractivity contribution in [1.29, 1.82) is 0 Å². The van der Waals surface area contributed by atoms with E-state index in [9.17, 15) is 8.78 Å². The van der Waals surface area contributed by atoms with Crippen LogP contribution in [0.15, 0.2) is 36.4 Å². The fourth-order valence-corrected chi connectivity index (χ4v) is 1.95. The van der Waals surface area contributed by atoms with Gasteiger partial charge in [0.25, 0.3) is 0 Å². The molecule has 1 unspecified atom stereocenters. The van der Waals surface area contributed by atoms with Gasteiger partial charge in [-0.15, -0.1) is 0 Å². The van der Waals surface area contributed by atoms with Crippen LogP contribution in [0.5, 0.6) is 5.75 Å². The summed E-state index contributed by atoms with van der Waals surface area (Å²) in [5, 5.41) is 0. The fraction of sp³-hybridized carbons (Fsp3) is 0.250. The standard InChI is InChI=1S/C16H17F2NO/c1-10-7-13(17)4-3-12(10)9-20-14-5-6-15(11(2)19)16(18)8-14/h3-8,11H,9,19H2,1-2H3. The van der Waals surface area contributed by atoms with E-state index >= 15 is 0 Å². The van der Waals surface area contributed by atoms with Crippen molar-refractivity contribution in [3.8, 4) is 5.75 Å². The molecule has 2 rings (SSSR count). The first-order chi connectivity index (χ1) is 9.47. The van der Waals surface area contributed by atoms with Crippen LogP contribution in [0, 0.1) is 18.6 Å². The van der Waals surface area contributed by atoms with E-state index < -0.39 is 0 Å². The molecule has 0 saturated carbocycles. The molecule has 0 spiro atoms. The van der Waals surface area contributed by atoms with Crippen LogP contribution in [0.25, 0.3) is 0 Å². The Morgan fingerprint density at radius 2 is 1.90 bits per heavy atom. The van der Waals surface area contributed by atoms with Gasteiger partial charge < -0.3 is 10.5 Å². The third-order valence-corrected chi connectivity index (χ3v) is 3.16. The van der Waals surface area contributed by atoms with Crippen molar-refractivity contribution < 1.29 is 13.5 Å². The SMILES string of the molecule is Cc1cc(F)ccc1COc1ccc(C(C)N)c(F)c1. The molecule has 2 nitrogen and oxygen atoms in total. The van der Waals surface area contributed by atoms with Gasteiger partial charge in [0.1, 0.15) is 24.0 Å². The van der Waals surface area contributed by atoms with E-state index in [1.807, 2.05) is 6.92 Å². The number of benzene rings is 2. The molecular formula is C16H17F2NO. The average molecular weight is 277 g/mol. The minimum atomic E-state index is -0.381. The van der Waals surface area contributed by atoms with Gasteiger partial charge in [-0.3, -0.25) is 0 Å². The quantitative estimate of drug-likeness (QED) is 0.920. The minimum absolute atomic E-state index is 0.267. The number of hydrogen-bond acceptors (Lipinski definition) is 2. The first-order valence-electron chi connectivity index (χ1n) is 6.40. The van der Waals surface area contributed by atoms with Crippen LogP contribution < -0.4 is 10.5 Å². The van der Waals surface area contributed by atoms with Crippen LogP contribution in [0.2, 0.25) is 0 Å². The van der Waals surface area contributed by atoms with Crippen LogP contribution in [0.1, 0.15) is 29.7 Å². The van der Waals surface area contributed by atoms with E-state index in [0.29, 0.717) is 11.3 Å². The molecular weight excluding hydrogens is 260 g/mol. The maximum absolute atomic E-state index is 13.7. The highest BCUT2D eigenvalue weighted by Gasteiger charge is 2.08. The lowest BCUT2D eigenvalue weighted by atomic mass is 10.1. The van der Waals surface area contributed by atoms with Gasteiger partial charge in [0, 0.05) is 17.7 Å². The summed E-state index contributed by atoms with van der Waals surface area (Å²) in [6, 6.07) is 8.75. The van der Waals surface area contributed by atoms with Crippen LogP contribution >= 0.6 is 0 Å². The molecule has 0 aliphatic heterocycles. The van der Waals surface area contributed by atoms with Gasteiger partial charge in [0.2, 0.25) is 0 Å². The van der Waals surface area contributed by atoms with Crippen molar-refractivity contribution in [2.24, 2.45) is 5.73 Å². The molecule has 1 atom stereocenters. The molecule has 0 aliphatic carbocycles. The third-order valence-electron chi connectivity index (χ3n) is 3.16. The van der Waals surface area contributed by atoms with Crippen LogP contribution in [-0.2, 0) is 6.61 Å². The molecule has 0 aromatic heterocycles. The van der Waals surface area contributed by atoms with E-state index in [0.717, 1.165) is 11.1 Å². The highest BCUT2D eigenvalue weighted by molar-refractivity contribution is 5.31. The molecule has 0 aliphatic rings. The maximum atomic E-state index is 13.7. The molecule has 2 aromatic carbocycles. The van der Waals surface area contributed by atoms with Crippen molar-refractivity contribution in [1.82, 2.24) is 0 Å². The van der Waals surface area contributed by atoms with Crippen molar-refractivity contribution in [3.63, 3.8) is 0 Å². The first kappa shape index (κ1) is 14.5. The largest absolute Gasteiger partial charge is 0.489 e. The Bertz CT molecular complexity index is 611. The lowest BCUT2D eigenvalue weighted by Gasteiger charge is -2.11. The Kier molecular flexibility index (Phi) is 4.35. The van der Waals surface area contributed by atoms with E-state index in [4.69, 9.17) is 10.5 Å². The van der Waals surface area contributed by atoms with Gasteiger partial charge in [0.15, 0.2) is 0 Å². The molecule has 2 aromatic rings. The summed E-state index contributed by atoms with van der Waals surface area (Å²) in [4.78, 5) is 0. The second kappa shape index (κ2) is 6.01. The Balaban J connectivity index is 2.09. The average Bonchev–Trinajstić information content (AvgIpc) is 2.37. The van der Waals surface area contributed by atoms with Crippen molar-refractivity contribution in [2.45, 2.75) is 26.5 Å². The lowest BCUT2D eigenvalue weighted by Crippen LogP contribution is -2.07. The summed E-state index contributed by atoms with van der Waals surface area (Å²) < 4.78 is 32.3. The first-order valence-corrected chi connectivity index (χ1v) is 6.40. The van der Waals surface area contributed by atoms with Crippen LogP contribution in [-0.4, -0.2) is 0 Å². The Morgan fingerprint density at radius 3 is 2.50 bits per heavy atom. The van der Waals surface area contributed by atoms with Gasteiger partial charge >= 0.3 is 0 Å². The Labute approximate surface area is 117 Å². The number of hydrogen-bond donors (Lipinski definition) is 1. The molecule has 4 heteroatoms. The second-order valence-corrected chi connectivity index (χ2v) is 4.83. The number of nitrogens with two attached hydrogens (primary N) is 1. The molecule has 0 saturated heterocycles. The molecule has 0 radical (unpaired) electrons. The highest BCUT2D eigenvalue weighted by atomic mass is 19.1. The molecule has 2 N–H and O–H groups in total. The van der Waals surface area contributed by atoms with Gasteiger partial charge in [-0.25, -0.2) is 8.78 Å². The van der Waals surface area contributed by atoms with E-state index in [2.05, 4.69) is 0 Å². The maximum Gasteiger partial charge on any atom is 0.131 e. The minimum Gasteiger partial charge on any atom is -0.489 e. The zero-order chi connectivity index (χ0) is 14.7. The summed E-state index contributed by atoms with van der Waals surface area (Å²) in [6.45, 7) is 3.80. The van der Waals surface area contributed by atoms with E-state index in [1.54, 1.807) is 25.1 Å². The third kappa shape index (κ3) is 3.33. The molecule has 0 bridgehead atoms. The molecule has 106 valence electrons. The van der Waals surface area contributed by atoms with Crippen molar-refractivity contribution >= 4 is 0 Å². The summed E-state index contributed by atoms with van der Waals surface area (Å²) in [5.41, 5.74) is 7.77. The van der Waals surface area contributed by atoms with Gasteiger partial charge in [-0.2, -0.15) is 0 Å². The summed E-state index contributed by atoms with van der Waals surface area (Å²) in [6.07, 6.45) is 0. The molecule has 0 fully saturated rings. The predicted molar refractivity (Wildman–Crippen MR) is 74.5 cm³/mol. The van der Waals surface area contributed by atoms with Gasteiger partial charge in [-0.1, -0.05) is 12.1 Å². The predicted octanol–water partition coefficient (Wildman–Crippen LogP) is 3.87. The zero-order valence-corrected chi connectivity index (χ0v) is 11.5. The van der Waals surface area contributed by atoms with Gasteiger partial charge in [0.05, 0.1) is 0 Å². The Morgan fingerprint density at radius 1 is 1.15 bits per heavy atom. The summed E-state index contributed by atoms with van der Waals surface area (Å²) >= 11 is 0. The monoisotopic (exact) mass is 277 g/mol. The molecule has 0 amide bonds. The molecule has 20 heavy (non-hydrogen) atoms. The summed E-state index contributed by atoms with van der Waals surface area (Å²) in [5.74, 6) is -0.234. The summed E-state index contributed by atoms with van der Waals surface area (Å²) in [7, 11) is 0. The van der Waals surface area contributed by atoms with Crippen LogP contribution in [0.3, 0.4) is 0 Å². The van der Waals surface area contributed by atoms with E-state index in [-0.39, 0.29) is 24.3 Å². The lowest BCUT2D eigenvalue weighted by molar-refractivity contribution is 0.303. The van der Waals surface area contributed by atoms with E-state index in [1.165, 1.54) is 18.2 Å². The zero-order valence-electron chi connectivity index (χ0n) is 11.5. The number of halogens is 2. The normalized spacial score (nSPS) is 12.2. The number of ether oxygens (including phenoxy) is 1. The topological polar surface area (TPSA) is 35.2 Å². The van der Waals surface area contributed by atoms with Crippen molar-refractivity contribution in [3.05, 3.63) is 64.7 Å². The van der Waals surface area contributed by atoms with Crippen molar-refractivity contribution in [2.75, 3.05) is 0 Å².